The Hall–Kier alpha value is -1.55. The number of benzene rings is 1. The van der Waals surface area contributed by atoms with Gasteiger partial charge in [0.05, 0.1) is 12.5 Å². The lowest BCUT2D eigenvalue weighted by Gasteiger charge is -2.32. The maximum Gasteiger partial charge on any atom is 0.310 e. The third kappa shape index (κ3) is 3.38. The van der Waals surface area contributed by atoms with E-state index < -0.39 is 0 Å². The summed E-state index contributed by atoms with van der Waals surface area (Å²) in [4.78, 5) is 14.2. The van der Waals surface area contributed by atoms with E-state index in [0.717, 1.165) is 44.6 Å². The largest absolute Gasteiger partial charge is 0.488 e. The van der Waals surface area contributed by atoms with E-state index in [1.54, 1.807) is 0 Å². The fraction of sp³-hybridized carbons (Fsp3) is 0.588. The van der Waals surface area contributed by atoms with Crippen molar-refractivity contribution in [2.24, 2.45) is 5.92 Å². The molecule has 2 heterocycles. The molecule has 0 amide bonds. The van der Waals surface area contributed by atoms with E-state index in [9.17, 15) is 4.79 Å². The van der Waals surface area contributed by atoms with Gasteiger partial charge in [-0.2, -0.15) is 0 Å². The van der Waals surface area contributed by atoms with Crippen LogP contribution >= 0.6 is 0 Å². The van der Waals surface area contributed by atoms with Crippen molar-refractivity contribution >= 4 is 5.97 Å². The van der Waals surface area contributed by atoms with Gasteiger partial charge in [0.2, 0.25) is 0 Å². The minimum absolute atomic E-state index is 0.0301. The Kier molecular flexibility index (Phi) is 4.44. The lowest BCUT2D eigenvalue weighted by molar-refractivity contribution is -0.150. The van der Waals surface area contributed by atoms with E-state index in [-0.39, 0.29) is 18.0 Å². The quantitative estimate of drug-likeness (QED) is 0.797. The Morgan fingerprint density at radius 3 is 3.10 bits per heavy atom. The first-order valence-electron chi connectivity index (χ1n) is 7.90. The van der Waals surface area contributed by atoms with E-state index in [2.05, 4.69) is 17.0 Å². The van der Waals surface area contributed by atoms with Gasteiger partial charge in [0.25, 0.3) is 0 Å². The topological polar surface area (TPSA) is 38.8 Å². The number of fused-ring (bicyclic) bond motifs is 1. The van der Waals surface area contributed by atoms with Crippen LogP contribution in [0.1, 0.15) is 25.3 Å². The fourth-order valence-corrected chi connectivity index (χ4v) is 3.32. The number of nitrogens with zero attached hydrogens (tertiary/aromatic N) is 1. The molecule has 1 unspecified atom stereocenters. The second kappa shape index (κ2) is 6.48. The molecule has 0 spiro atoms. The normalized spacial score (nSPS) is 25.2. The average molecular weight is 289 g/mol. The standard InChI is InChI=1S/C17H23NO3/c1-2-20-17(19)14-7-5-9-18(11-14)12-15-10-13-6-3-4-8-16(13)21-15/h3-4,6,8,14-15H,2,5,7,9-12H2,1H3/t14-,15?/m1/s1. The van der Waals surface area contributed by atoms with Crippen molar-refractivity contribution in [3.05, 3.63) is 29.8 Å². The third-order valence-corrected chi connectivity index (χ3v) is 4.30. The van der Waals surface area contributed by atoms with Crippen molar-refractivity contribution in [1.29, 1.82) is 0 Å². The van der Waals surface area contributed by atoms with Gasteiger partial charge in [-0.25, -0.2) is 0 Å². The molecule has 2 aliphatic rings. The molecule has 0 radical (unpaired) electrons. The molecule has 4 heteroatoms. The number of para-hydroxylation sites is 1. The maximum atomic E-state index is 11.9. The summed E-state index contributed by atoms with van der Waals surface area (Å²) < 4.78 is 11.1. The Balaban J connectivity index is 1.53. The summed E-state index contributed by atoms with van der Waals surface area (Å²) in [5.41, 5.74) is 1.29. The molecule has 2 aliphatic heterocycles. The van der Waals surface area contributed by atoms with Crippen LogP contribution in [0.2, 0.25) is 0 Å². The number of hydrogen-bond acceptors (Lipinski definition) is 4. The summed E-state index contributed by atoms with van der Waals surface area (Å²) in [6, 6.07) is 8.24. The van der Waals surface area contributed by atoms with Gasteiger partial charge in [0.1, 0.15) is 11.9 Å². The SMILES string of the molecule is CCOC(=O)[C@@H]1CCCN(CC2Cc3ccccc3O2)C1. The molecule has 0 aromatic heterocycles. The second-order valence-electron chi connectivity index (χ2n) is 5.90. The van der Waals surface area contributed by atoms with Crippen molar-refractivity contribution in [3.63, 3.8) is 0 Å². The molecule has 0 aliphatic carbocycles. The Morgan fingerprint density at radius 2 is 2.29 bits per heavy atom. The summed E-state index contributed by atoms with van der Waals surface area (Å²) in [5, 5.41) is 0. The van der Waals surface area contributed by atoms with Crippen LogP contribution in [0, 0.1) is 5.92 Å². The zero-order chi connectivity index (χ0) is 14.7. The lowest BCUT2D eigenvalue weighted by atomic mass is 9.97. The zero-order valence-electron chi connectivity index (χ0n) is 12.6. The fourth-order valence-electron chi connectivity index (χ4n) is 3.32. The van der Waals surface area contributed by atoms with Gasteiger partial charge in [0.15, 0.2) is 0 Å². The number of carbonyl (C=O) groups is 1. The van der Waals surface area contributed by atoms with Crippen LogP contribution in [0.3, 0.4) is 0 Å². The minimum Gasteiger partial charge on any atom is -0.488 e. The number of rotatable bonds is 4. The smallest absolute Gasteiger partial charge is 0.310 e. The molecule has 21 heavy (non-hydrogen) atoms. The Bertz CT molecular complexity index is 478. The molecule has 1 fully saturated rings. The van der Waals surface area contributed by atoms with Crippen LogP contribution in [-0.2, 0) is 16.0 Å². The molecular weight excluding hydrogens is 266 g/mol. The highest BCUT2D eigenvalue weighted by molar-refractivity contribution is 5.72. The van der Waals surface area contributed by atoms with Crippen molar-refractivity contribution < 1.29 is 14.3 Å². The Morgan fingerprint density at radius 1 is 1.43 bits per heavy atom. The third-order valence-electron chi connectivity index (χ3n) is 4.30. The zero-order valence-corrected chi connectivity index (χ0v) is 12.6. The van der Waals surface area contributed by atoms with Crippen LogP contribution in [0.15, 0.2) is 24.3 Å². The summed E-state index contributed by atoms with van der Waals surface area (Å²) in [6.45, 7) is 5.07. The van der Waals surface area contributed by atoms with Crippen molar-refractivity contribution in [1.82, 2.24) is 4.90 Å². The first kappa shape index (κ1) is 14.4. The van der Waals surface area contributed by atoms with Gasteiger partial charge in [0, 0.05) is 19.5 Å². The van der Waals surface area contributed by atoms with E-state index in [4.69, 9.17) is 9.47 Å². The Labute approximate surface area is 126 Å². The molecule has 0 saturated carbocycles. The van der Waals surface area contributed by atoms with Crippen LogP contribution in [0.25, 0.3) is 0 Å². The number of ether oxygens (including phenoxy) is 2. The molecule has 1 aromatic carbocycles. The molecule has 1 saturated heterocycles. The first-order chi connectivity index (χ1) is 10.3. The van der Waals surface area contributed by atoms with Crippen LogP contribution in [-0.4, -0.2) is 43.2 Å². The number of hydrogen-bond donors (Lipinski definition) is 0. The summed E-state index contributed by atoms with van der Waals surface area (Å²) >= 11 is 0. The predicted octanol–water partition coefficient (Wildman–Crippen LogP) is 2.27. The first-order valence-corrected chi connectivity index (χ1v) is 7.90. The van der Waals surface area contributed by atoms with Gasteiger partial charge >= 0.3 is 5.97 Å². The van der Waals surface area contributed by atoms with E-state index in [1.165, 1.54) is 5.56 Å². The highest BCUT2D eigenvalue weighted by atomic mass is 16.5. The van der Waals surface area contributed by atoms with Gasteiger partial charge in [-0.1, -0.05) is 18.2 Å². The van der Waals surface area contributed by atoms with Crippen LogP contribution < -0.4 is 4.74 Å². The predicted molar refractivity (Wildman–Crippen MR) is 80.4 cm³/mol. The van der Waals surface area contributed by atoms with E-state index in [0.29, 0.717) is 6.61 Å². The summed E-state index contributed by atoms with van der Waals surface area (Å²) in [6.07, 6.45) is 3.18. The molecular formula is C17H23NO3. The average Bonchev–Trinajstić information content (AvgIpc) is 2.90. The van der Waals surface area contributed by atoms with Gasteiger partial charge < -0.3 is 9.47 Å². The number of piperidine rings is 1. The van der Waals surface area contributed by atoms with Crippen LogP contribution in [0.4, 0.5) is 0 Å². The van der Waals surface area contributed by atoms with E-state index >= 15 is 0 Å². The molecule has 1 aromatic rings. The van der Waals surface area contributed by atoms with Crippen molar-refractivity contribution in [2.75, 3.05) is 26.2 Å². The van der Waals surface area contributed by atoms with Gasteiger partial charge in [-0.15, -0.1) is 0 Å². The van der Waals surface area contributed by atoms with Gasteiger partial charge in [-0.05, 0) is 37.9 Å². The molecule has 0 bridgehead atoms. The molecule has 0 N–H and O–H groups in total. The van der Waals surface area contributed by atoms with Crippen molar-refractivity contribution in [3.8, 4) is 5.75 Å². The molecule has 4 nitrogen and oxygen atoms in total. The maximum absolute atomic E-state index is 11.9. The lowest BCUT2D eigenvalue weighted by Crippen LogP contribution is -2.43. The number of esters is 1. The van der Waals surface area contributed by atoms with Crippen molar-refractivity contribution in [2.45, 2.75) is 32.3 Å². The summed E-state index contributed by atoms with van der Waals surface area (Å²) in [7, 11) is 0. The monoisotopic (exact) mass is 289 g/mol. The van der Waals surface area contributed by atoms with Gasteiger partial charge in [-0.3, -0.25) is 9.69 Å². The second-order valence-corrected chi connectivity index (χ2v) is 5.90. The van der Waals surface area contributed by atoms with E-state index in [1.807, 2.05) is 19.1 Å². The number of carbonyl (C=O) groups excluding carboxylic acids is 1. The minimum atomic E-state index is -0.0437. The molecule has 114 valence electrons. The number of likely N-dealkylation sites (tertiary alicyclic amines) is 1. The molecule has 2 atom stereocenters. The molecule has 3 rings (SSSR count). The van der Waals surface area contributed by atoms with Crippen LogP contribution in [0.5, 0.6) is 5.75 Å². The summed E-state index contributed by atoms with van der Waals surface area (Å²) in [5.74, 6) is 1.00. The highest BCUT2D eigenvalue weighted by Gasteiger charge is 2.30. The highest BCUT2D eigenvalue weighted by Crippen LogP contribution is 2.29.